The average Bonchev–Trinajstić information content (AvgIpc) is 3.66. The number of piperazine rings is 1. The summed E-state index contributed by atoms with van der Waals surface area (Å²) in [6.07, 6.45) is -1.11. The number of nitrogens with two attached hydrogens (primary N) is 1. The van der Waals surface area contributed by atoms with E-state index < -0.39 is 17.9 Å². The van der Waals surface area contributed by atoms with Crippen molar-refractivity contribution in [1.29, 1.82) is 0 Å². The van der Waals surface area contributed by atoms with E-state index in [2.05, 4.69) is 45.4 Å². The van der Waals surface area contributed by atoms with Crippen molar-refractivity contribution in [3.05, 3.63) is 34.8 Å². The highest BCUT2D eigenvalue weighted by Crippen LogP contribution is 2.39. The van der Waals surface area contributed by atoms with Gasteiger partial charge in [-0.05, 0) is 37.8 Å². The van der Waals surface area contributed by atoms with Crippen molar-refractivity contribution < 1.29 is 17.6 Å². The molecule has 12 nitrogen and oxygen atoms in total. The smallest absolute Gasteiger partial charge is 0.433 e. The first-order valence-electron chi connectivity index (χ1n) is 12.6. The van der Waals surface area contributed by atoms with Crippen molar-refractivity contribution in [3.63, 3.8) is 0 Å². The Labute approximate surface area is 225 Å². The molecule has 0 aromatic carbocycles. The van der Waals surface area contributed by atoms with Crippen LogP contribution in [0.1, 0.15) is 37.1 Å². The van der Waals surface area contributed by atoms with Crippen LogP contribution in [0.25, 0.3) is 17.4 Å². The van der Waals surface area contributed by atoms with Gasteiger partial charge in [0.15, 0.2) is 10.9 Å². The number of piperidine rings is 1. The van der Waals surface area contributed by atoms with Crippen LogP contribution in [-0.2, 0) is 6.18 Å². The number of furan rings is 1. The summed E-state index contributed by atoms with van der Waals surface area (Å²) in [5.41, 5.74) is 5.22. The lowest BCUT2D eigenvalue weighted by molar-refractivity contribution is -0.142. The number of hydrogen-bond acceptors (Lipinski definition) is 10. The van der Waals surface area contributed by atoms with E-state index in [0.29, 0.717) is 48.9 Å². The SMILES string of the molecule is CC(c1c(Cl)n[nH]c1C(F)(F)F)N1CCN2CC(CNc3nc(N)n4nc(-c5ccco5)nc4n3)CCC2C1. The minimum absolute atomic E-state index is 0.00991. The molecule has 2 aliphatic heterocycles. The average molecular weight is 566 g/mol. The van der Waals surface area contributed by atoms with Gasteiger partial charge in [0.05, 0.1) is 6.26 Å². The first-order chi connectivity index (χ1) is 18.7. The molecule has 0 bridgehead atoms. The zero-order valence-electron chi connectivity index (χ0n) is 21.0. The first-order valence-corrected chi connectivity index (χ1v) is 13.0. The Bertz CT molecular complexity index is 1450. The second-order valence-electron chi connectivity index (χ2n) is 9.97. The molecule has 0 spiro atoms. The number of alkyl halides is 3. The van der Waals surface area contributed by atoms with E-state index in [4.69, 9.17) is 21.8 Å². The van der Waals surface area contributed by atoms with Gasteiger partial charge in [0.2, 0.25) is 17.7 Å². The van der Waals surface area contributed by atoms with Gasteiger partial charge in [0.25, 0.3) is 5.78 Å². The van der Waals surface area contributed by atoms with Gasteiger partial charge in [-0.25, -0.2) is 0 Å². The topological polar surface area (TPSA) is 142 Å². The van der Waals surface area contributed by atoms with Gasteiger partial charge in [-0.1, -0.05) is 11.6 Å². The van der Waals surface area contributed by atoms with E-state index in [1.54, 1.807) is 19.1 Å². The first kappa shape index (κ1) is 25.8. The minimum Gasteiger partial charge on any atom is -0.461 e. The van der Waals surface area contributed by atoms with Crippen LogP contribution in [0, 0.1) is 5.92 Å². The highest BCUT2D eigenvalue weighted by Gasteiger charge is 2.41. The highest BCUT2D eigenvalue weighted by molar-refractivity contribution is 6.30. The normalized spacial score (nSPS) is 21.8. The van der Waals surface area contributed by atoms with E-state index in [1.807, 2.05) is 0 Å². The molecule has 0 radical (unpaired) electrons. The van der Waals surface area contributed by atoms with Gasteiger partial charge in [0, 0.05) is 50.4 Å². The number of aromatic nitrogens is 7. The van der Waals surface area contributed by atoms with Crippen LogP contribution in [-0.4, -0.2) is 83.3 Å². The summed E-state index contributed by atoms with van der Waals surface area (Å²) < 4.78 is 47.1. The predicted molar refractivity (Wildman–Crippen MR) is 136 cm³/mol. The molecular weight excluding hydrogens is 539 g/mol. The maximum Gasteiger partial charge on any atom is 0.433 e. The Morgan fingerprint density at radius 3 is 2.85 bits per heavy atom. The fourth-order valence-electron chi connectivity index (χ4n) is 5.54. The summed E-state index contributed by atoms with van der Waals surface area (Å²) in [6.45, 7) is 5.34. The Kier molecular flexibility index (Phi) is 6.59. The van der Waals surface area contributed by atoms with Crippen LogP contribution in [0.3, 0.4) is 0 Å². The molecule has 2 saturated heterocycles. The van der Waals surface area contributed by atoms with Gasteiger partial charge in [0.1, 0.15) is 5.69 Å². The minimum atomic E-state index is -4.54. The van der Waals surface area contributed by atoms with Crippen molar-refractivity contribution in [2.75, 3.05) is 43.8 Å². The van der Waals surface area contributed by atoms with Crippen LogP contribution < -0.4 is 11.1 Å². The Hall–Kier alpha value is -3.43. The summed E-state index contributed by atoms with van der Waals surface area (Å²) in [4.78, 5) is 17.6. The second kappa shape index (κ2) is 9.95. The van der Waals surface area contributed by atoms with Crippen LogP contribution in [0.4, 0.5) is 25.1 Å². The van der Waals surface area contributed by atoms with Crippen LogP contribution in [0.15, 0.2) is 22.8 Å². The zero-order valence-corrected chi connectivity index (χ0v) is 21.7. The summed E-state index contributed by atoms with van der Waals surface area (Å²) in [5.74, 6) is 2.08. The maximum atomic E-state index is 13.5. The second-order valence-corrected chi connectivity index (χ2v) is 10.3. The number of aromatic amines is 1. The standard InChI is InChI=1S/C23H27ClF3N11O/c1-12(16-17(23(25,26)27)33-34-18(16)24)36-6-7-37-10-13(4-5-14(37)11-36)9-29-21-31-20(28)38-22(32-21)30-19(35-38)15-3-2-8-39-15/h2-3,8,12-14H,4-7,9-11H2,1H3,(H,33,34)(H3,28,29,30,31,32,35). The van der Waals surface area contributed by atoms with E-state index in [9.17, 15) is 13.2 Å². The molecule has 3 unspecified atom stereocenters. The zero-order chi connectivity index (χ0) is 27.3. The van der Waals surface area contributed by atoms with Gasteiger partial charge in [-0.15, -0.1) is 5.10 Å². The van der Waals surface area contributed by atoms with Gasteiger partial charge in [-0.3, -0.25) is 14.9 Å². The Morgan fingerprint density at radius 1 is 1.23 bits per heavy atom. The number of rotatable bonds is 6. The van der Waals surface area contributed by atoms with Crippen molar-refractivity contribution in [2.45, 2.75) is 38.0 Å². The van der Waals surface area contributed by atoms with E-state index in [-0.39, 0.29) is 22.7 Å². The number of nitrogen functional groups attached to an aromatic ring is 1. The van der Waals surface area contributed by atoms with Gasteiger partial charge >= 0.3 is 6.18 Å². The fourth-order valence-corrected chi connectivity index (χ4v) is 5.83. The number of nitrogens with one attached hydrogen (secondary N) is 2. The molecule has 0 aliphatic carbocycles. The molecule has 2 aliphatic rings. The number of H-pyrrole nitrogens is 1. The van der Waals surface area contributed by atoms with Gasteiger partial charge in [-0.2, -0.15) is 37.7 Å². The van der Waals surface area contributed by atoms with Crippen molar-refractivity contribution in [3.8, 4) is 11.6 Å². The molecule has 6 rings (SSSR count). The molecule has 2 fully saturated rings. The molecule has 0 amide bonds. The largest absolute Gasteiger partial charge is 0.461 e. The number of nitrogens with zero attached hydrogens (tertiary/aromatic N) is 8. The van der Waals surface area contributed by atoms with Crippen molar-refractivity contribution >= 4 is 29.3 Å². The third-order valence-electron chi connectivity index (χ3n) is 7.57. The van der Waals surface area contributed by atoms with E-state index in [1.165, 1.54) is 10.8 Å². The Morgan fingerprint density at radius 2 is 2.08 bits per heavy atom. The third-order valence-corrected chi connectivity index (χ3v) is 7.86. The molecule has 0 saturated carbocycles. The number of fused-ring (bicyclic) bond motifs is 2. The number of anilines is 2. The summed E-state index contributed by atoms with van der Waals surface area (Å²) >= 11 is 6.06. The Balaban J connectivity index is 1.06. The fraction of sp³-hybridized carbons (Fsp3) is 0.522. The van der Waals surface area contributed by atoms with Crippen molar-refractivity contribution in [1.82, 2.24) is 44.6 Å². The van der Waals surface area contributed by atoms with E-state index in [0.717, 1.165) is 25.9 Å². The van der Waals surface area contributed by atoms with Crippen LogP contribution >= 0.6 is 11.6 Å². The molecule has 4 aromatic rings. The van der Waals surface area contributed by atoms with Crippen LogP contribution in [0.5, 0.6) is 0 Å². The molecular formula is C23H27ClF3N11O. The quantitative estimate of drug-likeness (QED) is 0.318. The van der Waals surface area contributed by atoms with Gasteiger partial charge < -0.3 is 15.5 Å². The van der Waals surface area contributed by atoms with Crippen molar-refractivity contribution in [2.24, 2.45) is 5.92 Å². The molecule has 6 heterocycles. The number of halogens is 4. The summed E-state index contributed by atoms with van der Waals surface area (Å²) in [7, 11) is 0. The molecule has 16 heteroatoms. The monoisotopic (exact) mass is 565 g/mol. The molecule has 3 atom stereocenters. The molecule has 4 aromatic heterocycles. The lowest BCUT2D eigenvalue weighted by Gasteiger charge is -2.48. The summed E-state index contributed by atoms with van der Waals surface area (Å²) in [5, 5.41) is 13.1. The summed E-state index contributed by atoms with van der Waals surface area (Å²) in [6, 6.07) is 3.26. The molecule has 208 valence electrons. The number of hydrogen-bond donors (Lipinski definition) is 3. The molecule has 4 N–H and O–H groups in total. The molecule has 39 heavy (non-hydrogen) atoms. The van der Waals surface area contributed by atoms with Crippen LogP contribution in [0.2, 0.25) is 5.15 Å². The maximum absolute atomic E-state index is 13.5. The predicted octanol–water partition coefficient (Wildman–Crippen LogP) is 3.33. The van der Waals surface area contributed by atoms with E-state index >= 15 is 0 Å². The highest BCUT2D eigenvalue weighted by atomic mass is 35.5. The lowest BCUT2D eigenvalue weighted by atomic mass is 9.90. The third kappa shape index (κ3) is 5.01. The lowest BCUT2D eigenvalue weighted by Crippen LogP contribution is -2.57.